The zero-order valence-corrected chi connectivity index (χ0v) is 24.1. The van der Waals surface area contributed by atoms with Gasteiger partial charge in [-0.05, 0) is 0 Å². The molecule has 2 fully saturated rings. The van der Waals surface area contributed by atoms with E-state index in [2.05, 4.69) is 8.37 Å². The molecule has 2 rings (SSSR count). The zero-order chi connectivity index (χ0) is 31.0. The van der Waals surface area contributed by atoms with Crippen molar-refractivity contribution >= 4 is 42.6 Å². The smallest absolute Gasteiger partial charge is 0.218 e. The second kappa shape index (κ2) is 16.8. The fourth-order valence-corrected chi connectivity index (χ4v) is 10.4. The van der Waals surface area contributed by atoms with Crippen LogP contribution in [-0.2, 0) is 51.0 Å². The lowest BCUT2D eigenvalue weighted by Crippen LogP contribution is -2.42. The maximum Gasteiger partial charge on any atom is 0.218 e. The molecule has 2 aliphatic rings. The monoisotopic (exact) mass is 668 g/mol. The third-order valence-electron chi connectivity index (χ3n) is 6.01. The topological polar surface area (TPSA) is 335 Å². The number of hydrogen-bond donors (Lipinski definition) is 10. The molecular weight excluding hydrogens is 632 g/mol. The highest BCUT2D eigenvalue weighted by molar-refractivity contribution is 7.98. The van der Waals surface area contributed by atoms with E-state index in [4.69, 9.17) is 20.4 Å². The Bertz CT molecular complexity index is 876. The van der Waals surface area contributed by atoms with Crippen molar-refractivity contribution in [2.75, 3.05) is 49.4 Å². The first kappa shape index (κ1) is 38.1. The molecule has 40 heavy (non-hydrogen) atoms. The average molecular weight is 669 g/mol. The second-order valence-corrected chi connectivity index (χ2v) is 15.6. The molecule has 2 saturated heterocycles. The van der Waals surface area contributed by atoms with Gasteiger partial charge >= 0.3 is 0 Å². The normalized spacial score (nSPS) is 34.1. The van der Waals surface area contributed by atoms with Crippen molar-refractivity contribution in [2.45, 2.75) is 59.3 Å². The summed E-state index contributed by atoms with van der Waals surface area (Å²) in [6.07, 6.45) is -10.5. The van der Waals surface area contributed by atoms with E-state index in [1.54, 1.807) is 0 Å². The van der Waals surface area contributed by atoms with Gasteiger partial charge in [0, 0.05) is 21.8 Å². The Morgan fingerprint density at radius 2 is 0.975 bits per heavy atom. The lowest BCUT2D eigenvalue weighted by molar-refractivity contribution is 0.0105. The predicted molar refractivity (Wildman–Crippen MR) is 135 cm³/mol. The first-order chi connectivity index (χ1) is 18.4. The molecule has 12 atom stereocenters. The summed E-state index contributed by atoms with van der Waals surface area (Å²) in [6.45, 7) is -2.57. The molecule has 0 aromatic heterocycles. The molecule has 0 bridgehead atoms. The van der Waals surface area contributed by atoms with E-state index >= 15 is 0 Å². The molecular formula is C18H36O18S4. The molecule has 0 radical (unpaired) electrons. The maximum absolute atomic E-state index is 10.4. The van der Waals surface area contributed by atoms with E-state index in [0.29, 0.717) is 0 Å². The van der Waals surface area contributed by atoms with Gasteiger partial charge in [-0.2, -0.15) is 0 Å². The minimum absolute atomic E-state index is 0.111. The van der Waals surface area contributed by atoms with Gasteiger partial charge in [-0.15, -0.1) is 0 Å². The van der Waals surface area contributed by atoms with Gasteiger partial charge in [0.15, 0.2) is 10.5 Å². The van der Waals surface area contributed by atoms with Crippen molar-refractivity contribution in [3.05, 3.63) is 0 Å². The van der Waals surface area contributed by atoms with Gasteiger partial charge in [-0.25, -0.2) is 16.8 Å². The quantitative estimate of drug-likeness (QED) is 0.0466. The number of rotatable bonds is 14. The maximum atomic E-state index is 10.4. The van der Waals surface area contributed by atoms with Crippen molar-refractivity contribution < 1.29 is 85.4 Å². The number of aliphatic hydroxyl groups is 10. The highest BCUT2D eigenvalue weighted by atomic mass is 32.3. The fraction of sp³-hybridized carbons (Fsp3) is 1.00. The van der Waals surface area contributed by atoms with Gasteiger partial charge in [0.2, 0.25) is 20.8 Å². The molecule has 0 aromatic carbocycles. The van der Waals surface area contributed by atoms with Gasteiger partial charge < -0.3 is 60.2 Å². The van der Waals surface area contributed by atoms with Crippen LogP contribution in [0.25, 0.3) is 0 Å². The molecule has 2 aliphatic heterocycles. The molecule has 0 saturated carbocycles. The van der Waals surface area contributed by atoms with Crippen molar-refractivity contribution in [1.29, 1.82) is 0 Å². The lowest BCUT2D eigenvalue weighted by Gasteiger charge is -2.22. The summed E-state index contributed by atoms with van der Waals surface area (Å²) in [6, 6.07) is 0. The highest BCUT2D eigenvalue weighted by Gasteiger charge is 2.51. The Kier molecular flexibility index (Phi) is 16.0. The van der Waals surface area contributed by atoms with Crippen LogP contribution in [0.15, 0.2) is 0 Å². The zero-order valence-electron chi connectivity index (χ0n) is 20.8. The highest BCUT2D eigenvalue weighted by Crippen LogP contribution is 2.26. The molecule has 2 unspecified atom stereocenters. The Morgan fingerprint density at radius 3 is 1.20 bits per heavy atom. The third kappa shape index (κ3) is 12.0. The summed E-state index contributed by atoms with van der Waals surface area (Å²) >= 11 is 0. The van der Waals surface area contributed by atoms with Gasteiger partial charge in [0.25, 0.3) is 0 Å². The Morgan fingerprint density at radius 1 is 0.675 bits per heavy atom. The van der Waals surface area contributed by atoms with E-state index in [1.807, 2.05) is 0 Å². The average Bonchev–Trinajstić information content (AvgIpc) is 3.27. The largest absolute Gasteiger partial charge is 0.726 e. The minimum Gasteiger partial charge on any atom is -0.726 e. The molecule has 10 N–H and O–H groups in total. The van der Waals surface area contributed by atoms with Crippen molar-refractivity contribution in [2.24, 2.45) is 0 Å². The Labute approximate surface area is 236 Å². The van der Waals surface area contributed by atoms with Crippen LogP contribution in [0.5, 0.6) is 0 Å². The van der Waals surface area contributed by atoms with Crippen LogP contribution in [0.3, 0.4) is 0 Å². The molecule has 0 aromatic rings. The van der Waals surface area contributed by atoms with Crippen LogP contribution in [-0.4, -0.2) is 186 Å². The van der Waals surface area contributed by atoms with E-state index < -0.39 is 128 Å². The van der Waals surface area contributed by atoms with Gasteiger partial charge in [-0.3, -0.25) is 8.37 Å². The summed E-state index contributed by atoms with van der Waals surface area (Å²) in [5.74, 6) is 0.0393. The summed E-state index contributed by atoms with van der Waals surface area (Å²) in [7, 11) is -11.7. The van der Waals surface area contributed by atoms with E-state index in [1.165, 1.54) is 0 Å². The second-order valence-electron chi connectivity index (χ2n) is 8.89. The van der Waals surface area contributed by atoms with Crippen LogP contribution < -0.4 is 0 Å². The summed E-state index contributed by atoms with van der Waals surface area (Å²) in [5, 5.41) is 92.7. The number of aliphatic hydroxyl groups excluding tert-OH is 10. The summed E-state index contributed by atoms with van der Waals surface area (Å²) < 4.78 is 70.7. The minimum atomic E-state index is -5.07. The lowest BCUT2D eigenvalue weighted by atomic mass is 10.2. The standard InChI is InChI=1S/2C9H18O9S2/c2*10-1-7(18-20(15,16)17)5(12)3-19-4-6(13)9(14)8(19)2-11/h2*5-14H,1-4H2/t5-,6+,7+,8-,9+,19?;5-,6-,7+,8-,9-,19?/m11/s1. The predicted octanol–water partition coefficient (Wildman–Crippen LogP) is -8.20. The fourth-order valence-electron chi connectivity index (χ4n) is 3.97. The SMILES string of the molecule is O=S(=O)([O-])O[C@@H](CO)[C@H](O)C[S+]1C[C@@H](O)[C@@H](O)[C@H]1CO.O=S(=O)([O-])O[C@@H](CO)[C@H](O)C[S+]1C[C@H](O)[C@H](O)[C@H]1CO. The molecule has 240 valence electrons. The van der Waals surface area contributed by atoms with Gasteiger partial charge in [0.1, 0.15) is 71.8 Å². The summed E-state index contributed by atoms with van der Waals surface area (Å²) in [5.41, 5.74) is 0. The molecule has 0 aliphatic carbocycles. The summed E-state index contributed by atoms with van der Waals surface area (Å²) in [4.78, 5) is 0. The molecule has 2 heterocycles. The van der Waals surface area contributed by atoms with E-state index in [-0.39, 0.29) is 23.0 Å². The van der Waals surface area contributed by atoms with Crippen LogP contribution >= 0.6 is 0 Å². The molecule has 22 heteroatoms. The van der Waals surface area contributed by atoms with E-state index in [9.17, 15) is 56.6 Å². The van der Waals surface area contributed by atoms with Crippen molar-refractivity contribution in [3.63, 3.8) is 0 Å². The first-order valence-corrected chi connectivity index (χ1v) is 17.4. The van der Waals surface area contributed by atoms with Gasteiger partial charge in [-0.1, -0.05) is 0 Å². The number of hydrogen-bond acceptors (Lipinski definition) is 18. The molecule has 0 spiro atoms. The van der Waals surface area contributed by atoms with Crippen LogP contribution in [0.4, 0.5) is 0 Å². The van der Waals surface area contributed by atoms with Crippen molar-refractivity contribution in [3.8, 4) is 0 Å². The van der Waals surface area contributed by atoms with Crippen LogP contribution in [0.2, 0.25) is 0 Å². The molecule has 18 nitrogen and oxygen atoms in total. The van der Waals surface area contributed by atoms with Crippen molar-refractivity contribution in [1.82, 2.24) is 0 Å². The first-order valence-electron chi connectivity index (χ1n) is 11.5. The third-order valence-corrected chi connectivity index (χ3v) is 12.6. The van der Waals surface area contributed by atoms with E-state index in [0.717, 1.165) is 0 Å². The van der Waals surface area contributed by atoms with Gasteiger partial charge in [0.05, 0.1) is 26.4 Å². The van der Waals surface area contributed by atoms with Crippen LogP contribution in [0, 0.1) is 0 Å². The van der Waals surface area contributed by atoms with Crippen LogP contribution in [0.1, 0.15) is 0 Å². The molecule has 0 amide bonds. The Hall–Kier alpha value is 0.0400. The Balaban J connectivity index is 0.000000400.